The minimum atomic E-state index is -0.640. The minimum absolute atomic E-state index is 0.640. The maximum atomic E-state index is 10.4. The highest BCUT2D eigenvalue weighted by atomic mass is 32.2. The quantitative estimate of drug-likeness (QED) is 0.464. The molecule has 0 atom stereocenters. The second-order valence-electron chi connectivity index (χ2n) is 2.92. The smallest absolute Gasteiger partial charge is 0.332 e. The van der Waals surface area contributed by atoms with Crippen molar-refractivity contribution in [2.75, 3.05) is 5.75 Å². The van der Waals surface area contributed by atoms with Crippen molar-refractivity contribution >= 4 is 23.5 Å². The van der Waals surface area contributed by atoms with Crippen molar-refractivity contribution in [3.05, 3.63) is 30.3 Å². The Hall–Kier alpha value is -1.49. The van der Waals surface area contributed by atoms with Gasteiger partial charge in [-0.15, -0.1) is 11.8 Å². The third kappa shape index (κ3) is 5.07. The number of hydrogen-bond donors (Lipinski definition) is 2. The van der Waals surface area contributed by atoms with Crippen LogP contribution in [0, 0.1) is 0 Å². The first-order valence-electron chi connectivity index (χ1n) is 4.45. The molecule has 0 spiro atoms. The Balaban J connectivity index is 2.37. The van der Waals surface area contributed by atoms with Crippen LogP contribution < -0.4 is 11.2 Å². The molecule has 2 amide bonds. The lowest BCUT2D eigenvalue weighted by atomic mass is 10.4. The Kier molecular flexibility index (Phi) is 4.70. The molecule has 0 aliphatic carbocycles. The van der Waals surface area contributed by atoms with Gasteiger partial charge in [0.15, 0.2) is 0 Å². The highest BCUT2D eigenvalue weighted by Crippen LogP contribution is 2.16. The molecular formula is C10H13N3OS. The van der Waals surface area contributed by atoms with Crippen LogP contribution in [0.5, 0.6) is 0 Å². The fourth-order valence-electron chi connectivity index (χ4n) is 0.887. The monoisotopic (exact) mass is 223 g/mol. The molecule has 0 heterocycles. The van der Waals surface area contributed by atoms with E-state index in [-0.39, 0.29) is 0 Å². The molecule has 0 bridgehead atoms. The van der Waals surface area contributed by atoms with Gasteiger partial charge in [-0.3, -0.25) is 0 Å². The third-order valence-corrected chi connectivity index (χ3v) is 2.72. The minimum Gasteiger partial charge on any atom is -0.350 e. The number of carbonyl (C=O) groups is 1. The molecule has 1 rings (SSSR count). The maximum absolute atomic E-state index is 10.4. The summed E-state index contributed by atoms with van der Waals surface area (Å²) in [6, 6.07) is 9.35. The SMILES string of the molecule is C/C(CSc1ccccc1)=N\NC(N)=O. The van der Waals surface area contributed by atoms with Crippen LogP contribution in [0.4, 0.5) is 4.79 Å². The Labute approximate surface area is 92.9 Å². The first-order valence-corrected chi connectivity index (χ1v) is 5.43. The van der Waals surface area contributed by atoms with E-state index < -0.39 is 6.03 Å². The molecule has 5 heteroatoms. The Bertz CT molecular complexity index is 351. The highest BCUT2D eigenvalue weighted by molar-refractivity contribution is 8.00. The summed E-state index contributed by atoms with van der Waals surface area (Å²) >= 11 is 1.66. The average molecular weight is 223 g/mol. The average Bonchev–Trinajstić information content (AvgIpc) is 2.25. The van der Waals surface area contributed by atoms with E-state index in [1.54, 1.807) is 11.8 Å². The van der Waals surface area contributed by atoms with Crippen LogP contribution in [-0.4, -0.2) is 17.5 Å². The second-order valence-corrected chi connectivity index (χ2v) is 3.97. The summed E-state index contributed by atoms with van der Waals surface area (Å²) in [7, 11) is 0. The molecule has 0 radical (unpaired) electrons. The molecule has 80 valence electrons. The summed E-state index contributed by atoms with van der Waals surface area (Å²) in [5.74, 6) is 0.726. The van der Waals surface area contributed by atoms with Crippen LogP contribution in [0.25, 0.3) is 0 Å². The standard InChI is InChI=1S/C10H13N3OS/c1-8(12-13-10(11)14)7-15-9-5-3-2-4-6-9/h2-6H,7H2,1H3,(H3,11,13,14)/b12-8+. The first kappa shape index (κ1) is 11.6. The Morgan fingerprint density at radius 2 is 2.13 bits per heavy atom. The molecule has 0 aliphatic heterocycles. The molecular weight excluding hydrogens is 210 g/mol. The van der Waals surface area contributed by atoms with E-state index in [4.69, 9.17) is 5.73 Å². The number of nitrogens with one attached hydrogen (secondary N) is 1. The molecule has 0 aliphatic rings. The second kappa shape index (κ2) is 6.08. The van der Waals surface area contributed by atoms with E-state index in [1.165, 1.54) is 4.90 Å². The lowest BCUT2D eigenvalue weighted by Gasteiger charge is -2.01. The zero-order valence-corrected chi connectivity index (χ0v) is 9.25. The fraction of sp³-hybridized carbons (Fsp3) is 0.200. The molecule has 3 N–H and O–H groups in total. The summed E-state index contributed by atoms with van der Waals surface area (Å²) in [6.45, 7) is 1.84. The van der Waals surface area contributed by atoms with Gasteiger partial charge < -0.3 is 5.73 Å². The van der Waals surface area contributed by atoms with Crippen LogP contribution in [0.15, 0.2) is 40.3 Å². The van der Waals surface area contributed by atoms with Crippen molar-refractivity contribution in [3.63, 3.8) is 0 Å². The van der Waals surface area contributed by atoms with Crippen LogP contribution in [0.2, 0.25) is 0 Å². The number of carbonyl (C=O) groups excluding carboxylic acids is 1. The number of nitrogens with zero attached hydrogens (tertiary/aromatic N) is 1. The summed E-state index contributed by atoms with van der Waals surface area (Å²) < 4.78 is 0. The normalized spacial score (nSPS) is 11.1. The summed E-state index contributed by atoms with van der Waals surface area (Å²) in [4.78, 5) is 11.5. The molecule has 0 fully saturated rings. The van der Waals surface area contributed by atoms with E-state index in [0.717, 1.165) is 11.5 Å². The van der Waals surface area contributed by atoms with Crippen molar-refractivity contribution in [3.8, 4) is 0 Å². The van der Waals surface area contributed by atoms with E-state index >= 15 is 0 Å². The third-order valence-electron chi connectivity index (χ3n) is 1.55. The number of rotatable bonds is 4. The fourth-order valence-corrected chi connectivity index (χ4v) is 1.68. The summed E-state index contributed by atoms with van der Waals surface area (Å²) in [5, 5.41) is 3.81. The van der Waals surface area contributed by atoms with Gasteiger partial charge in [0.1, 0.15) is 0 Å². The lowest BCUT2D eigenvalue weighted by molar-refractivity contribution is 0.249. The Morgan fingerprint density at radius 1 is 1.47 bits per heavy atom. The van der Waals surface area contributed by atoms with Gasteiger partial charge in [-0.1, -0.05) is 18.2 Å². The number of hydrogen-bond acceptors (Lipinski definition) is 3. The number of benzene rings is 1. The first-order chi connectivity index (χ1) is 7.18. The number of hydrazone groups is 1. The summed E-state index contributed by atoms with van der Waals surface area (Å²) in [6.07, 6.45) is 0. The van der Waals surface area contributed by atoms with Crippen LogP contribution >= 0.6 is 11.8 Å². The van der Waals surface area contributed by atoms with Crippen molar-refractivity contribution in [1.82, 2.24) is 5.43 Å². The number of amides is 2. The highest BCUT2D eigenvalue weighted by Gasteiger charge is 1.96. The molecule has 15 heavy (non-hydrogen) atoms. The van der Waals surface area contributed by atoms with Gasteiger partial charge >= 0.3 is 6.03 Å². The van der Waals surface area contributed by atoms with E-state index in [1.807, 2.05) is 37.3 Å². The van der Waals surface area contributed by atoms with Crippen molar-refractivity contribution in [1.29, 1.82) is 0 Å². The van der Waals surface area contributed by atoms with Crippen molar-refractivity contribution < 1.29 is 4.79 Å². The maximum Gasteiger partial charge on any atom is 0.332 e. The number of thioether (sulfide) groups is 1. The predicted octanol–water partition coefficient (Wildman–Crippen LogP) is 1.82. The zero-order chi connectivity index (χ0) is 11.1. The summed E-state index contributed by atoms with van der Waals surface area (Å²) in [5.41, 5.74) is 7.90. The van der Waals surface area contributed by atoms with Gasteiger partial charge in [-0.05, 0) is 19.1 Å². The van der Waals surface area contributed by atoms with Gasteiger partial charge in [-0.2, -0.15) is 5.10 Å². The molecule has 4 nitrogen and oxygen atoms in total. The van der Waals surface area contributed by atoms with Crippen LogP contribution in [0.3, 0.4) is 0 Å². The van der Waals surface area contributed by atoms with Gasteiger partial charge in [0.25, 0.3) is 0 Å². The molecule has 0 aromatic heterocycles. The Morgan fingerprint density at radius 3 is 2.73 bits per heavy atom. The van der Waals surface area contributed by atoms with Gasteiger partial charge in [0.2, 0.25) is 0 Å². The van der Waals surface area contributed by atoms with Crippen molar-refractivity contribution in [2.45, 2.75) is 11.8 Å². The van der Waals surface area contributed by atoms with Gasteiger partial charge in [-0.25, -0.2) is 10.2 Å². The van der Waals surface area contributed by atoms with Gasteiger partial charge in [0, 0.05) is 16.4 Å². The largest absolute Gasteiger partial charge is 0.350 e. The van der Waals surface area contributed by atoms with Crippen LogP contribution in [-0.2, 0) is 0 Å². The molecule has 1 aromatic carbocycles. The molecule has 0 unspecified atom stereocenters. The molecule has 1 aromatic rings. The van der Waals surface area contributed by atoms with Crippen LogP contribution in [0.1, 0.15) is 6.92 Å². The van der Waals surface area contributed by atoms with Gasteiger partial charge in [0.05, 0.1) is 0 Å². The number of primary amides is 1. The number of nitrogens with two attached hydrogens (primary N) is 1. The molecule has 0 saturated heterocycles. The topological polar surface area (TPSA) is 67.5 Å². The lowest BCUT2D eigenvalue weighted by Crippen LogP contribution is -2.25. The zero-order valence-electron chi connectivity index (χ0n) is 8.43. The van der Waals surface area contributed by atoms with E-state index in [9.17, 15) is 4.79 Å². The van der Waals surface area contributed by atoms with E-state index in [0.29, 0.717) is 0 Å². The van der Waals surface area contributed by atoms with E-state index in [2.05, 4.69) is 10.5 Å². The number of urea groups is 1. The van der Waals surface area contributed by atoms with Crippen molar-refractivity contribution in [2.24, 2.45) is 10.8 Å². The predicted molar refractivity (Wildman–Crippen MR) is 63.0 cm³/mol. The molecule has 0 saturated carbocycles.